The lowest BCUT2D eigenvalue weighted by atomic mass is 9.93. The Labute approximate surface area is 211 Å². The lowest BCUT2D eigenvalue weighted by molar-refractivity contribution is -0.384. The van der Waals surface area contributed by atoms with Crippen molar-refractivity contribution in [1.82, 2.24) is 10.2 Å². The number of esters is 1. The molecule has 2 aromatic rings. The van der Waals surface area contributed by atoms with E-state index in [9.17, 15) is 29.3 Å². The van der Waals surface area contributed by atoms with Gasteiger partial charge >= 0.3 is 12.0 Å². The van der Waals surface area contributed by atoms with Gasteiger partial charge < -0.3 is 9.47 Å². The van der Waals surface area contributed by atoms with Crippen molar-refractivity contribution in [2.75, 3.05) is 7.11 Å². The Morgan fingerprint density at radius 3 is 2.46 bits per heavy atom. The molecule has 11 heteroatoms. The van der Waals surface area contributed by atoms with Crippen molar-refractivity contribution < 1.29 is 33.6 Å². The molecular formula is C26H23N3O8. The van der Waals surface area contributed by atoms with Gasteiger partial charge in [-0.05, 0) is 67.0 Å². The average Bonchev–Trinajstić information content (AvgIpc) is 3.51. The summed E-state index contributed by atoms with van der Waals surface area (Å²) >= 11 is 0. The lowest BCUT2D eigenvalue weighted by Crippen LogP contribution is -2.58. The summed E-state index contributed by atoms with van der Waals surface area (Å²) in [5.74, 6) is -1.15. The summed E-state index contributed by atoms with van der Waals surface area (Å²) in [6.07, 6.45) is 5.19. The number of non-ortho nitro benzene ring substituents is 1. The second-order valence-electron chi connectivity index (χ2n) is 9.34. The summed E-state index contributed by atoms with van der Waals surface area (Å²) in [5.41, 5.74) is 0.204. The van der Waals surface area contributed by atoms with E-state index in [1.807, 2.05) is 0 Å². The topological polar surface area (TPSA) is 145 Å². The van der Waals surface area contributed by atoms with Crippen LogP contribution in [0.5, 0.6) is 11.5 Å². The molecule has 1 aliphatic heterocycles. The van der Waals surface area contributed by atoms with Crippen molar-refractivity contribution in [2.24, 2.45) is 11.8 Å². The van der Waals surface area contributed by atoms with Crippen molar-refractivity contribution >= 4 is 35.6 Å². The molecular weight excluding hydrogens is 482 g/mol. The highest BCUT2D eigenvalue weighted by Gasteiger charge is 2.49. The molecule has 3 fully saturated rings. The molecule has 2 aromatic carbocycles. The van der Waals surface area contributed by atoms with Crippen molar-refractivity contribution in [1.29, 1.82) is 0 Å². The Balaban J connectivity index is 1.36. The van der Waals surface area contributed by atoms with E-state index >= 15 is 0 Å². The Morgan fingerprint density at radius 2 is 1.84 bits per heavy atom. The van der Waals surface area contributed by atoms with Gasteiger partial charge in [0.05, 0.1) is 17.6 Å². The zero-order chi connectivity index (χ0) is 26.3. The predicted octanol–water partition coefficient (Wildman–Crippen LogP) is 3.47. The van der Waals surface area contributed by atoms with Crippen LogP contribution in [0.15, 0.2) is 48.0 Å². The number of nitro benzene ring substituents is 1. The Hall–Kier alpha value is -4.54. The molecule has 2 saturated carbocycles. The first-order valence-corrected chi connectivity index (χ1v) is 11.8. The average molecular weight is 505 g/mol. The van der Waals surface area contributed by atoms with Crippen LogP contribution in [0, 0.1) is 22.0 Å². The fraction of sp³-hybridized carbons (Fsp3) is 0.308. The zero-order valence-electron chi connectivity index (χ0n) is 19.8. The maximum Gasteiger partial charge on any atom is 0.343 e. The van der Waals surface area contributed by atoms with Crippen LogP contribution in [0.1, 0.15) is 41.6 Å². The summed E-state index contributed by atoms with van der Waals surface area (Å²) in [6, 6.07) is 8.52. The zero-order valence-corrected chi connectivity index (χ0v) is 19.8. The highest BCUT2D eigenvalue weighted by atomic mass is 16.6. The number of nitrogens with zero attached hydrogens (tertiary/aromatic N) is 2. The Bertz CT molecular complexity index is 1350. The number of carbonyl (C=O) groups excluding carboxylic acids is 4. The van der Waals surface area contributed by atoms with E-state index < -0.39 is 28.7 Å². The maximum atomic E-state index is 13.2. The summed E-state index contributed by atoms with van der Waals surface area (Å²) < 4.78 is 10.7. The summed E-state index contributed by atoms with van der Waals surface area (Å²) in [7, 11) is 1.36. The second-order valence-corrected chi connectivity index (χ2v) is 9.34. The van der Waals surface area contributed by atoms with Gasteiger partial charge in [-0.15, -0.1) is 0 Å². The van der Waals surface area contributed by atoms with Crippen LogP contribution in [0.2, 0.25) is 0 Å². The second kappa shape index (κ2) is 9.49. The molecule has 190 valence electrons. The molecule has 11 nitrogen and oxygen atoms in total. The minimum Gasteiger partial charge on any atom is -0.493 e. The lowest BCUT2D eigenvalue weighted by Gasteiger charge is -2.35. The molecule has 0 unspecified atom stereocenters. The first kappa shape index (κ1) is 24.2. The van der Waals surface area contributed by atoms with Gasteiger partial charge in [-0.2, -0.15) is 0 Å². The smallest absolute Gasteiger partial charge is 0.343 e. The van der Waals surface area contributed by atoms with Gasteiger partial charge in [0.1, 0.15) is 5.57 Å². The van der Waals surface area contributed by atoms with E-state index in [2.05, 4.69) is 5.32 Å². The van der Waals surface area contributed by atoms with E-state index in [1.165, 1.54) is 60.6 Å². The maximum absolute atomic E-state index is 13.2. The minimum absolute atomic E-state index is 0.0752. The summed E-state index contributed by atoms with van der Waals surface area (Å²) in [6.45, 7) is 0. The van der Waals surface area contributed by atoms with Gasteiger partial charge in [0.25, 0.3) is 17.5 Å². The number of methoxy groups -OCH3 is 1. The van der Waals surface area contributed by atoms with Gasteiger partial charge in [0.2, 0.25) is 0 Å². The number of amides is 4. The monoisotopic (exact) mass is 505 g/mol. The number of hydrogen-bond acceptors (Lipinski definition) is 8. The largest absolute Gasteiger partial charge is 0.493 e. The Morgan fingerprint density at radius 1 is 1.08 bits per heavy atom. The van der Waals surface area contributed by atoms with E-state index in [4.69, 9.17) is 9.47 Å². The van der Waals surface area contributed by atoms with Crippen LogP contribution >= 0.6 is 0 Å². The fourth-order valence-corrected chi connectivity index (χ4v) is 5.40. The molecule has 0 aromatic heterocycles. The summed E-state index contributed by atoms with van der Waals surface area (Å²) in [5, 5.41) is 13.1. The predicted molar refractivity (Wildman–Crippen MR) is 129 cm³/mol. The van der Waals surface area contributed by atoms with Crippen LogP contribution in [0.4, 0.5) is 10.5 Å². The van der Waals surface area contributed by atoms with Crippen LogP contribution in [-0.4, -0.2) is 46.8 Å². The van der Waals surface area contributed by atoms with Crippen molar-refractivity contribution in [3.8, 4) is 11.5 Å². The molecule has 3 aliphatic rings. The molecule has 4 amide bonds. The minimum atomic E-state index is -0.776. The van der Waals surface area contributed by atoms with Crippen molar-refractivity contribution in [3.05, 3.63) is 69.3 Å². The number of hydrogen-bond donors (Lipinski definition) is 1. The van der Waals surface area contributed by atoms with Gasteiger partial charge in [0, 0.05) is 18.2 Å². The third-order valence-electron chi connectivity index (χ3n) is 7.18. The van der Waals surface area contributed by atoms with Gasteiger partial charge in [-0.1, -0.05) is 12.5 Å². The number of nitrogens with one attached hydrogen (secondary N) is 1. The number of urea groups is 1. The highest BCUT2D eigenvalue weighted by molar-refractivity contribution is 6.31. The standard InChI is InChI=1S/C26H23N3O8/c1-36-22-13-15(3-9-21(22)37-25(32)16-5-7-18(8-6-16)29(34)35)11-19-23(30)27-26(33)28(24(19)31)20-12-14-2-4-17(20)10-14/h3,5-9,11,13-14,17,20H,2,4,10,12H2,1H3,(H,27,30,33)/b19-11+/t14-,17-,20-/m0/s1. The molecule has 0 radical (unpaired) electrons. The quantitative estimate of drug-likeness (QED) is 0.157. The van der Waals surface area contributed by atoms with E-state index in [0.717, 1.165) is 25.7 Å². The molecule has 5 rings (SSSR count). The number of fused-ring (bicyclic) bond motifs is 2. The number of rotatable bonds is 6. The van der Waals surface area contributed by atoms with Crippen LogP contribution in [0.25, 0.3) is 6.08 Å². The molecule has 0 spiro atoms. The van der Waals surface area contributed by atoms with Crippen LogP contribution in [-0.2, 0) is 9.59 Å². The molecule has 37 heavy (non-hydrogen) atoms. The first-order chi connectivity index (χ1) is 17.7. The van der Waals surface area contributed by atoms with E-state index in [0.29, 0.717) is 11.5 Å². The number of nitro groups is 1. The molecule has 2 bridgehead atoms. The van der Waals surface area contributed by atoms with Crippen LogP contribution < -0.4 is 14.8 Å². The molecule has 2 aliphatic carbocycles. The number of benzene rings is 2. The van der Waals surface area contributed by atoms with Crippen molar-refractivity contribution in [3.63, 3.8) is 0 Å². The van der Waals surface area contributed by atoms with Gasteiger partial charge in [0.15, 0.2) is 11.5 Å². The normalized spacial score (nSPS) is 23.8. The number of carbonyl (C=O) groups is 4. The molecule has 1 N–H and O–H groups in total. The number of ether oxygens (including phenoxy) is 2. The molecule has 1 heterocycles. The van der Waals surface area contributed by atoms with Crippen LogP contribution in [0.3, 0.4) is 0 Å². The molecule has 3 atom stereocenters. The van der Waals surface area contributed by atoms with E-state index in [-0.39, 0.29) is 40.3 Å². The fourth-order valence-electron chi connectivity index (χ4n) is 5.40. The first-order valence-electron chi connectivity index (χ1n) is 11.8. The molecule has 1 saturated heterocycles. The summed E-state index contributed by atoms with van der Waals surface area (Å²) in [4.78, 5) is 62.2. The SMILES string of the molecule is COc1cc(/C=C2\C(=O)NC(=O)N([C@H]3C[C@H]4CC[C@H]3C4)C2=O)ccc1OC(=O)c1ccc([N+](=O)[O-])cc1. The van der Waals surface area contributed by atoms with Gasteiger partial charge in [-0.3, -0.25) is 29.9 Å². The third-order valence-corrected chi connectivity index (χ3v) is 7.18. The van der Waals surface area contributed by atoms with Gasteiger partial charge in [-0.25, -0.2) is 9.59 Å². The number of imide groups is 2. The number of barbiturate groups is 1. The third kappa shape index (κ3) is 4.55. The Kier molecular flexibility index (Phi) is 6.20. The van der Waals surface area contributed by atoms with Crippen molar-refractivity contribution in [2.45, 2.75) is 31.7 Å². The highest BCUT2D eigenvalue weighted by Crippen LogP contribution is 2.47. The van der Waals surface area contributed by atoms with E-state index in [1.54, 1.807) is 0 Å².